The summed E-state index contributed by atoms with van der Waals surface area (Å²) in [4.78, 5) is 12.5. The molecule has 1 atom stereocenters. The topological polar surface area (TPSA) is 49.3 Å². The van der Waals surface area contributed by atoms with Crippen LogP contribution in [0.1, 0.15) is 18.9 Å². The van der Waals surface area contributed by atoms with Crippen LogP contribution in [-0.4, -0.2) is 29.4 Å². The molecule has 1 amide bonds. The molecule has 0 aromatic heterocycles. The first-order valence-corrected chi connectivity index (χ1v) is 6.70. The molecule has 94 valence electrons. The van der Waals surface area contributed by atoms with Crippen LogP contribution in [0.5, 0.6) is 0 Å². The van der Waals surface area contributed by atoms with Crippen molar-refractivity contribution in [2.45, 2.75) is 31.3 Å². The first kappa shape index (κ1) is 14.1. The Morgan fingerprint density at radius 1 is 1.41 bits per heavy atom. The molecule has 0 bridgehead atoms. The summed E-state index contributed by atoms with van der Waals surface area (Å²) in [7, 11) is 0. The number of hydrogen-bond acceptors (Lipinski definition) is 3. The molecular formula is C13H19NO2S. The molecule has 0 fully saturated rings. The number of thioether (sulfide) groups is 1. The molecule has 3 nitrogen and oxygen atoms in total. The standard InChI is InChI=1S/C13H19NO2S/c1-10-3-5-12(6-4-10)17-8-7-13(16)14-9-11(2)15/h3-6,11,15H,7-9H2,1-2H3,(H,14,16)/t11-/m0/s1. The van der Waals surface area contributed by atoms with Gasteiger partial charge in [0, 0.05) is 23.6 Å². The van der Waals surface area contributed by atoms with Crippen LogP contribution in [0.25, 0.3) is 0 Å². The zero-order valence-corrected chi connectivity index (χ0v) is 11.1. The van der Waals surface area contributed by atoms with Crippen molar-refractivity contribution in [1.29, 1.82) is 0 Å². The lowest BCUT2D eigenvalue weighted by molar-refractivity contribution is -0.121. The van der Waals surface area contributed by atoms with Crippen molar-refractivity contribution >= 4 is 17.7 Å². The van der Waals surface area contributed by atoms with Crippen LogP contribution in [0.3, 0.4) is 0 Å². The van der Waals surface area contributed by atoms with Gasteiger partial charge in [0.25, 0.3) is 0 Å². The van der Waals surface area contributed by atoms with Crippen molar-refractivity contribution in [3.8, 4) is 0 Å². The molecule has 0 radical (unpaired) electrons. The third-order valence-corrected chi connectivity index (χ3v) is 3.23. The molecule has 0 heterocycles. The summed E-state index contributed by atoms with van der Waals surface area (Å²) in [5, 5.41) is 11.7. The number of amides is 1. The summed E-state index contributed by atoms with van der Waals surface area (Å²) < 4.78 is 0. The van der Waals surface area contributed by atoms with Gasteiger partial charge in [-0.2, -0.15) is 0 Å². The summed E-state index contributed by atoms with van der Waals surface area (Å²) in [6.45, 7) is 4.04. The summed E-state index contributed by atoms with van der Waals surface area (Å²) in [5.74, 6) is 0.750. The molecule has 0 aliphatic carbocycles. The Kier molecular flexibility index (Phi) is 6.08. The highest BCUT2D eigenvalue weighted by Gasteiger charge is 2.03. The second kappa shape index (κ2) is 7.35. The Hall–Kier alpha value is -1.00. The van der Waals surface area contributed by atoms with E-state index in [1.807, 2.05) is 0 Å². The molecular weight excluding hydrogens is 234 g/mol. The van der Waals surface area contributed by atoms with Gasteiger partial charge in [-0.15, -0.1) is 11.8 Å². The Morgan fingerprint density at radius 3 is 2.65 bits per heavy atom. The molecule has 1 aromatic carbocycles. The fourth-order valence-corrected chi connectivity index (χ4v) is 2.10. The Balaban J connectivity index is 2.19. The number of aliphatic hydroxyl groups excluding tert-OH is 1. The number of carbonyl (C=O) groups excluding carboxylic acids is 1. The molecule has 1 aromatic rings. The van der Waals surface area contributed by atoms with E-state index >= 15 is 0 Å². The maximum atomic E-state index is 11.4. The number of nitrogens with one attached hydrogen (secondary N) is 1. The first-order valence-electron chi connectivity index (χ1n) is 5.72. The lowest BCUT2D eigenvalue weighted by atomic mass is 10.2. The van der Waals surface area contributed by atoms with Gasteiger partial charge < -0.3 is 10.4 Å². The monoisotopic (exact) mass is 253 g/mol. The van der Waals surface area contributed by atoms with Crippen LogP contribution < -0.4 is 5.32 Å². The van der Waals surface area contributed by atoms with Crippen molar-refractivity contribution in [2.24, 2.45) is 0 Å². The quantitative estimate of drug-likeness (QED) is 0.762. The van der Waals surface area contributed by atoms with Gasteiger partial charge in [0.15, 0.2) is 0 Å². The number of rotatable bonds is 6. The maximum absolute atomic E-state index is 11.4. The van der Waals surface area contributed by atoms with E-state index in [2.05, 4.69) is 36.5 Å². The van der Waals surface area contributed by atoms with Gasteiger partial charge in [0.1, 0.15) is 0 Å². The van der Waals surface area contributed by atoms with E-state index in [0.29, 0.717) is 13.0 Å². The SMILES string of the molecule is Cc1ccc(SCCC(=O)NC[C@H](C)O)cc1. The van der Waals surface area contributed by atoms with Gasteiger partial charge in [-0.1, -0.05) is 17.7 Å². The summed E-state index contributed by atoms with van der Waals surface area (Å²) in [5.41, 5.74) is 1.24. The molecule has 0 saturated heterocycles. The maximum Gasteiger partial charge on any atom is 0.220 e. The van der Waals surface area contributed by atoms with Crippen LogP contribution in [0.2, 0.25) is 0 Å². The van der Waals surface area contributed by atoms with Crippen LogP contribution in [0.15, 0.2) is 29.2 Å². The molecule has 2 N–H and O–H groups in total. The summed E-state index contributed by atoms with van der Waals surface area (Å²) in [6.07, 6.45) is -0.00524. The molecule has 0 spiro atoms. The highest BCUT2D eigenvalue weighted by Crippen LogP contribution is 2.18. The van der Waals surface area contributed by atoms with Crippen molar-refractivity contribution in [3.05, 3.63) is 29.8 Å². The van der Waals surface area contributed by atoms with Crippen LogP contribution in [0, 0.1) is 6.92 Å². The first-order chi connectivity index (χ1) is 8.08. The van der Waals surface area contributed by atoms with Gasteiger partial charge in [0.2, 0.25) is 5.91 Å². The van der Waals surface area contributed by atoms with Crippen LogP contribution >= 0.6 is 11.8 Å². The van der Waals surface area contributed by atoms with Crippen LogP contribution in [0.4, 0.5) is 0 Å². The third-order valence-electron chi connectivity index (χ3n) is 2.21. The lowest BCUT2D eigenvalue weighted by Crippen LogP contribution is -2.30. The predicted octanol–water partition coefficient (Wildman–Crippen LogP) is 1.97. The molecule has 0 unspecified atom stereocenters. The Bertz CT molecular complexity index is 349. The van der Waals surface area contributed by atoms with Crippen molar-refractivity contribution in [2.75, 3.05) is 12.3 Å². The molecule has 0 saturated carbocycles. The summed E-state index contributed by atoms with van der Waals surface area (Å²) in [6, 6.07) is 8.26. The van der Waals surface area contributed by atoms with Gasteiger partial charge >= 0.3 is 0 Å². The average Bonchev–Trinajstić information content (AvgIpc) is 2.29. The van der Waals surface area contributed by atoms with E-state index in [1.165, 1.54) is 10.5 Å². The number of carbonyl (C=O) groups is 1. The predicted molar refractivity (Wildman–Crippen MR) is 71.2 cm³/mol. The number of hydrogen-bond donors (Lipinski definition) is 2. The van der Waals surface area contributed by atoms with E-state index < -0.39 is 6.10 Å². The second-order valence-electron chi connectivity index (χ2n) is 4.06. The van der Waals surface area contributed by atoms with Gasteiger partial charge in [-0.05, 0) is 26.0 Å². The van der Waals surface area contributed by atoms with Gasteiger partial charge in [0.05, 0.1) is 6.10 Å². The van der Waals surface area contributed by atoms with Crippen molar-refractivity contribution in [1.82, 2.24) is 5.32 Å². The van der Waals surface area contributed by atoms with E-state index in [4.69, 9.17) is 5.11 Å². The molecule has 1 rings (SSSR count). The van der Waals surface area contributed by atoms with E-state index in [1.54, 1.807) is 18.7 Å². The highest BCUT2D eigenvalue weighted by atomic mass is 32.2. The largest absolute Gasteiger partial charge is 0.392 e. The van der Waals surface area contributed by atoms with Gasteiger partial charge in [-0.3, -0.25) is 4.79 Å². The third kappa shape index (κ3) is 6.34. The zero-order valence-electron chi connectivity index (χ0n) is 10.3. The van der Waals surface area contributed by atoms with Crippen molar-refractivity contribution < 1.29 is 9.90 Å². The normalized spacial score (nSPS) is 12.2. The molecule has 4 heteroatoms. The lowest BCUT2D eigenvalue weighted by Gasteiger charge is -2.06. The number of aryl methyl sites for hydroxylation is 1. The minimum Gasteiger partial charge on any atom is -0.392 e. The number of benzene rings is 1. The van der Waals surface area contributed by atoms with E-state index in [9.17, 15) is 4.79 Å². The smallest absolute Gasteiger partial charge is 0.220 e. The van der Waals surface area contributed by atoms with E-state index in [-0.39, 0.29) is 5.91 Å². The minimum absolute atomic E-state index is 0.00879. The zero-order chi connectivity index (χ0) is 12.7. The van der Waals surface area contributed by atoms with E-state index in [0.717, 1.165) is 5.75 Å². The molecule has 0 aliphatic heterocycles. The minimum atomic E-state index is -0.483. The average molecular weight is 253 g/mol. The fourth-order valence-electron chi connectivity index (χ4n) is 1.25. The summed E-state index contributed by atoms with van der Waals surface area (Å²) >= 11 is 1.67. The number of aliphatic hydroxyl groups is 1. The Morgan fingerprint density at radius 2 is 2.06 bits per heavy atom. The van der Waals surface area contributed by atoms with Gasteiger partial charge in [-0.25, -0.2) is 0 Å². The Labute approximate surface area is 107 Å². The molecule has 17 heavy (non-hydrogen) atoms. The fraction of sp³-hybridized carbons (Fsp3) is 0.462. The van der Waals surface area contributed by atoms with Crippen molar-refractivity contribution in [3.63, 3.8) is 0 Å². The second-order valence-corrected chi connectivity index (χ2v) is 5.23. The van der Waals surface area contributed by atoms with Crippen LogP contribution in [-0.2, 0) is 4.79 Å². The molecule has 0 aliphatic rings. The highest BCUT2D eigenvalue weighted by molar-refractivity contribution is 7.99.